The van der Waals surface area contributed by atoms with Crippen LogP contribution in [-0.2, 0) is 29.6 Å². The summed E-state index contributed by atoms with van der Waals surface area (Å²) in [5.74, 6) is -1.16. The smallest absolute Gasteiger partial charge is 0.247 e. The van der Waals surface area contributed by atoms with Crippen molar-refractivity contribution in [2.45, 2.75) is 47.4 Å². The first kappa shape index (κ1) is 28.6. The van der Waals surface area contributed by atoms with E-state index in [1.54, 1.807) is 35.2 Å². The van der Waals surface area contributed by atoms with Gasteiger partial charge in [-0.05, 0) is 36.6 Å². The summed E-state index contributed by atoms with van der Waals surface area (Å²) >= 11 is 19.1. The van der Waals surface area contributed by atoms with Crippen molar-refractivity contribution in [3.63, 3.8) is 0 Å². The Balaban J connectivity index is 1.66. The van der Waals surface area contributed by atoms with Gasteiger partial charge in [-0.3, -0.25) is 9.59 Å². The van der Waals surface area contributed by atoms with Crippen molar-refractivity contribution in [3.05, 3.63) is 64.1 Å². The number of alkyl halides is 1. The van der Waals surface area contributed by atoms with Crippen LogP contribution in [0.15, 0.2) is 53.4 Å². The maximum atomic E-state index is 14.1. The monoisotopic (exact) mass is 634 g/mol. The average molecular weight is 636 g/mol. The standard InChI is InChI=1S/C24H25Cl3N4O6S2/c1-38(34,35)28-18-12-30(39(36,37)19-10-7-15(25)11-17(19)26)20-13-29(16-8-9-16)24(33)22(31(20)23(18)32)21(27)14-5-3-2-4-6-14/h2-7,10-11,16,18,20-22,28H,8-9,12-13H2,1H3. The third-order valence-corrected chi connectivity index (χ3v) is 10.8. The number of piperazine rings is 1. The van der Waals surface area contributed by atoms with Crippen LogP contribution in [0.5, 0.6) is 0 Å². The molecule has 39 heavy (non-hydrogen) atoms. The van der Waals surface area contributed by atoms with E-state index in [-0.39, 0.29) is 27.5 Å². The highest BCUT2D eigenvalue weighted by Gasteiger charge is 2.57. The second-order valence-electron chi connectivity index (χ2n) is 9.80. The second kappa shape index (κ2) is 10.5. The molecule has 4 unspecified atom stereocenters. The van der Waals surface area contributed by atoms with E-state index < -0.39 is 62.0 Å². The van der Waals surface area contributed by atoms with Gasteiger partial charge in [-0.15, -0.1) is 11.6 Å². The summed E-state index contributed by atoms with van der Waals surface area (Å²) in [6.45, 7) is -0.605. The van der Waals surface area contributed by atoms with Crippen LogP contribution in [0, 0.1) is 0 Å². The molecule has 1 aliphatic carbocycles. The van der Waals surface area contributed by atoms with Crippen molar-refractivity contribution in [2.75, 3.05) is 19.3 Å². The number of carbonyl (C=O) groups is 2. The Labute approximate surface area is 241 Å². The number of halogens is 3. The van der Waals surface area contributed by atoms with E-state index in [1.807, 2.05) is 0 Å². The predicted molar refractivity (Wildman–Crippen MR) is 146 cm³/mol. The molecule has 2 aliphatic heterocycles. The molecule has 2 amide bonds. The van der Waals surface area contributed by atoms with Gasteiger partial charge in [-0.25, -0.2) is 21.6 Å². The summed E-state index contributed by atoms with van der Waals surface area (Å²) < 4.78 is 55.7. The molecule has 4 atom stereocenters. The lowest BCUT2D eigenvalue weighted by Gasteiger charge is -2.54. The molecule has 0 aromatic heterocycles. The van der Waals surface area contributed by atoms with E-state index in [2.05, 4.69) is 4.72 Å². The Hall–Kier alpha value is -1.93. The normalized spacial score (nSPS) is 25.5. The van der Waals surface area contributed by atoms with Crippen LogP contribution in [0.1, 0.15) is 23.8 Å². The van der Waals surface area contributed by atoms with Crippen molar-refractivity contribution < 1.29 is 26.4 Å². The van der Waals surface area contributed by atoms with Gasteiger partial charge in [-0.1, -0.05) is 53.5 Å². The average Bonchev–Trinajstić information content (AvgIpc) is 3.70. The van der Waals surface area contributed by atoms with E-state index in [0.717, 1.165) is 28.3 Å². The molecule has 210 valence electrons. The number of nitrogens with one attached hydrogen (secondary N) is 1. The molecule has 15 heteroatoms. The minimum absolute atomic E-state index is 0.0971. The first-order valence-corrected chi connectivity index (χ1v) is 16.6. The fraction of sp³-hybridized carbons (Fsp3) is 0.417. The molecular weight excluding hydrogens is 611 g/mol. The highest BCUT2D eigenvalue weighted by atomic mass is 35.5. The molecule has 3 aliphatic rings. The molecule has 2 saturated heterocycles. The Kier molecular flexibility index (Phi) is 7.68. The lowest BCUT2D eigenvalue weighted by atomic mass is 9.96. The first-order chi connectivity index (χ1) is 18.3. The van der Waals surface area contributed by atoms with Gasteiger partial charge in [0.1, 0.15) is 23.1 Å². The second-order valence-corrected chi connectivity index (χ2v) is 14.8. The number of hydrogen-bond acceptors (Lipinski definition) is 6. The zero-order chi connectivity index (χ0) is 28.3. The summed E-state index contributed by atoms with van der Waals surface area (Å²) in [5, 5.41) is -0.949. The molecule has 1 saturated carbocycles. The van der Waals surface area contributed by atoms with Gasteiger partial charge in [0.25, 0.3) is 0 Å². The highest BCUT2D eigenvalue weighted by Crippen LogP contribution is 2.41. The Bertz CT molecular complexity index is 1520. The summed E-state index contributed by atoms with van der Waals surface area (Å²) in [6.07, 6.45) is 1.19. The Morgan fingerprint density at radius 1 is 0.949 bits per heavy atom. The largest absolute Gasteiger partial charge is 0.334 e. The molecule has 1 N–H and O–H groups in total. The molecule has 5 rings (SSSR count). The lowest BCUT2D eigenvalue weighted by Crippen LogP contribution is -2.76. The third-order valence-electron chi connectivity index (χ3n) is 6.98. The van der Waals surface area contributed by atoms with Crippen LogP contribution in [0.2, 0.25) is 10.0 Å². The van der Waals surface area contributed by atoms with Gasteiger partial charge in [0.05, 0.1) is 23.2 Å². The predicted octanol–water partition coefficient (Wildman–Crippen LogP) is 2.42. The summed E-state index contributed by atoms with van der Waals surface area (Å²) in [5.41, 5.74) is 0.551. The quantitative estimate of drug-likeness (QED) is 0.466. The number of fused-ring (bicyclic) bond motifs is 1. The van der Waals surface area contributed by atoms with E-state index >= 15 is 0 Å². The molecular formula is C24H25Cl3N4O6S2. The van der Waals surface area contributed by atoms with Gasteiger partial charge in [-0.2, -0.15) is 4.31 Å². The maximum absolute atomic E-state index is 14.1. The molecule has 2 heterocycles. The van der Waals surface area contributed by atoms with Crippen molar-refractivity contribution in [1.82, 2.24) is 18.8 Å². The number of hydrogen-bond donors (Lipinski definition) is 1. The molecule has 0 spiro atoms. The van der Waals surface area contributed by atoms with Crippen LogP contribution in [-0.4, -0.2) is 86.4 Å². The molecule has 0 radical (unpaired) electrons. The summed E-state index contributed by atoms with van der Waals surface area (Å²) in [6, 6.07) is 9.66. The van der Waals surface area contributed by atoms with Crippen LogP contribution < -0.4 is 4.72 Å². The fourth-order valence-corrected chi connectivity index (χ4v) is 8.52. The van der Waals surface area contributed by atoms with Gasteiger partial charge in [0, 0.05) is 17.6 Å². The topological polar surface area (TPSA) is 124 Å². The van der Waals surface area contributed by atoms with Crippen molar-refractivity contribution >= 4 is 66.7 Å². The van der Waals surface area contributed by atoms with Crippen molar-refractivity contribution in [1.29, 1.82) is 0 Å². The number of rotatable bonds is 7. The van der Waals surface area contributed by atoms with E-state index in [9.17, 15) is 26.4 Å². The van der Waals surface area contributed by atoms with Gasteiger partial charge in [0.15, 0.2) is 0 Å². The number of amides is 2. The zero-order valence-corrected chi connectivity index (χ0v) is 24.5. The Morgan fingerprint density at radius 2 is 1.62 bits per heavy atom. The van der Waals surface area contributed by atoms with E-state index in [1.165, 1.54) is 18.2 Å². The third kappa shape index (κ3) is 5.52. The van der Waals surface area contributed by atoms with Crippen LogP contribution in [0.3, 0.4) is 0 Å². The van der Waals surface area contributed by atoms with Gasteiger partial charge in [0.2, 0.25) is 31.9 Å². The van der Waals surface area contributed by atoms with Crippen molar-refractivity contribution in [2.24, 2.45) is 0 Å². The minimum atomic E-state index is -4.42. The van der Waals surface area contributed by atoms with Crippen LogP contribution in [0.4, 0.5) is 0 Å². The molecule has 0 bridgehead atoms. The zero-order valence-electron chi connectivity index (χ0n) is 20.6. The van der Waals surface area contributed by atoms with Gasteiger partial charge < -0.3 is 9.80 Å². The van der Waals surface area contributed by atoms with Crippen LogP contribution in [0.25, 0.3) is 0 Å². The number of nitrogens with zero attached hydrogens (tertiary/aromatic N) is 3. The number of carbonyl (C=O) groups excluding carboxylic acids is 2. The lowest BCUT2D eigenvalue weighted by molar-refractivity contribution is -0.167. The number of benzene rings is 2. The molecule has 2 aromatic carbocycles. The molecule has 3 fully saturated rings. The highest BCUT2D eigenvalue weighted by molar-refractivity contribution is 7.89. The van der Waals surface area contributed by atoms with Crippen LogP contribution >= 0.6 is 34.8 Å². The number of sulfonamides is 2. The maximum Gasteiger partial charge on any atom is 0.247 e. The Morgan fingerprint density at radius 3 is 2.21 bits per heavy atom. The molecule has 10 nitrogen and oxygen atoms in total. The molecule has 2 aromatic rings. The van der Waals surface area contributed by atoms with Crippen molar-refractivity contribution in [3.8, 4) is 0 Å². The fourth-order valence-electron chi connectivity index (χ4n) is 5.12. The SMILES string of the molecule is CS(=O)(=O)NC1CN(S(=O)(=O)c2ccc(Cl)cc2Cl)C2CN(C3CC3)C(=O)C(C(Cl)c3ccccc3)N2C1=O. The summed E-state index contributed by atoms with van der Waals surface area (Å²) in [7, 11) is -8.37. The minimum Gasteiger partial charge on any atom is -0.334 e. The van der Waals surface area contributed by atoms with Gasteiger partial charge >= 0.3 is 0 Å². The first-order valence-electron chi connectivity index (χ1n) is 12.1. The van der Waals surface area contributed by atoms with E-state index in [4.69, 9.17) is 34.8 Å². The van der Waals surface area contributed by atoms with E-state index in [0.29, 0.717) is 5.56 Å². The summed E-state index contributed by atoms with van der Waals surface area (Å²) in [4.78, 5) is 30.1.